The van der Waals surface area contributed by atoms with E-state index >= 15 is 0 Å². The largest absolute Gasteiger partial charge is 0.342 e. The van der Waals surface area contributed by atoms with Crippen LogP contribution in [0.25, 0.3) is 6.08 Å². The molecule has 2 fully saturated rings. The van der Waals surface area contributed by atoms with Crippen molar-refractivity contribution in [2.24, 2.45) is 0 Å². The first-order valence-corrected chi connectivity index (χ1v) is 14.1. The van der Waals surface area contributed by atoms with Crippen LogP contribution in [0.1, 0.15) is 80.1 Å². The smallest absolute Gasteiger partial charge is 0.324 e. The summed E-state index contributed by atoms with van der Waals surface area (Å²) >= 11 is 0. The number of benzene rings is 2. The molecule has 0 bridgehead atoms. The van der Waals surface area contributed by atoms with Crippen molar-refractivity contribution in [2.45, 2.75) is 76.3 Å². The quantitative estimate of drug-likeness (QED) is 0.407. The molecule has 0 heterocycles. The van der Waals surface area contributed by atoms with Crippen LogP contribution < -0.4 is 16.0 Å². The molecule has 0 aromatic heterocycles. The van der Waals surface area contributed by atoms with E-state index in [1.54, 1.807) is 30.3 Å². The molecule has 2 saturated carbocycles. The van der Waals surface area contributed by atoms with Crippen molar-refractivity contribution < 1.29 is 23.6 Å². The fourth-order valence-electron chi connectivity index (χ4n) is 5.32. The third kappa shape index (κ3) is 8.24. The molecule has 8 nitrogen and oxygen atoms in total. The summed E-state index contributed by atoms with van der Waals surface area (Å²) in [6.07, 6.45) is 10.9. The highest BCUT2D eigenvalue weighted by molar-refractivity contribution is 6.06. The summed E-state index contributed by atoms with van der Waals surface area (Å²) in [5, 5.41) is 8.23. The Kier molecular flexibility index (Phi) is 10.4. The second kappa shape index (κ2) is 14.4. The minimum atomic E-state index is -0.696. The highest BCUT2D eigenvalue weighted by Gasteiger charge is 2.32. The van der Waals surface area contributed by atoms with Gasteiger partial charge in [-0.15, -0.1) is 0 Å². The van der Waals surface area contributed by atoms with Gasteiger partial charge in [-0.2, -0.15) is 0 Å². The number of hydrogen-bond donors (Lipinski definition) is 3. The first-order chi connectivity index (χ1) is 19.4. The van der Waals surface area contributed by atoms with E-state index in [0.29, 0.717) is 11.1 Å². The second-order valence-corrected chi connectivity index (χ2v) is 10.5. The summed E-state index contributed by atoms with van der Waals surface area (Å²) in [7, 11) is 0. The molecule has 3 N–H and O–H groups in total. The maximum Gasteiger partial charge on any atom is 0.324 e. The number of rotatable bonds is 8. The van der Waals surface area contributed by atoms with Gasteiger partial charge in [0.1, 0.15) is 11.5 Å². The number of carbonyl (C=O) groups is 4. The highest BCUT2D eigenvalue weighted by atomic mass is 19.1. The van der Waals surface area contributed by atoms with Crippen LogP contribution in [0.3, 0.4) is 0 Å². The summed E-state index contributed by atoms with van der Waals surface area (Å²) in [6, 6.07) is 13.3. The lowest BCUT2D eigenvalue weighted by atomic mass is 9.93. The van der Waals surface area contributed by atoms with Gasteiger partial charge in [0.05, 0.1) is 6.54 Å². The second-order valence-electron chi connectivity index (χ2n) is 10.5. The van der Waals surface area contributed by atoms with Crippen molar-refractivity contribution in [3.63, 3.8) is 0 Å². The Bertz CT molecular complexity index is 1200. The van der Waals surface area contributed by atoms with E-state index in [4.69, 9.17) is 0 Å². The minimum absolute atomic E-state index is 0.0492. The average Bonchev–Trinajstić information content (AvgIpc) is 2.98. The molecule has 4 rings (SSSR count). The lowest BCUT2D eigenvalue weighted by molar-refractivity contribution is -0.131. The molecule has 2 aliphatic rings. The van der Waals surface area contributed by atoms with Gasteiger partial charge in [0.15, 0.2) is 0 Å². The maximum absolute atomic E-state index is 13.4. The van der Waals surface area contributed by atoms with Crippen LogP contribution in [0.5, 0.6) is 0 Å². The van der Waals surface area contributed by atoms with Crippen molar-refractivity contribution in [3.8, 4) is 0 Å². The fraction of sp³-hybridized carbons (Fsp3) is 0.419. The van der Waals surface area contributed by atoms with Crippen LogP contribution >= 0.6 is 0 Å². The Hall–Kier alpha value is -4.01. The molecule has 0 spiro atoms. The molecule has 0 radical (unpaired) electrons. The van der Waals surface area contributed by atoms with Crippen molar-refractivity contribution in [2.75, 3.05) is 6.54 Å². The van der Waals surface area contributed by atoms with E-state index in [1.807, 2.05) is 0 Å². The first kappa shape index (κ1) is 29.0. The molecule has 2 aromatic carbocycles. The molecule has 0 unspecified atom stereocenters. The Balaban J connectivity index is 1.47. The van der Waals surface area contributed by atoms with Gasteiger partial charge in [-0.25, -0.2) is 9.18 Å². The van der Waals surface area contributed by atoms with E-state index in [-0.39, 0.29) is 17.8 Å². The molecule has 2 aromatic rings. The Morgan fingerprint density at radius 2 is 1.45 bits per heavy atom. The molecule has 0 saturated heterocycles. The van der Waals surface area contributed by atoms with Crippen molar-refractivity contribution in [1.29, 1.82) is 0 Å². The van der Waals surface area contributed by atoms with Crippen LogP contribution in [0.2, 0.25) is 0 Å². The van der Waals surface area contributed by atoms with Crippen molar-refractivity contribution in [1.82, 2.24) is 20.9 Å². The van der Waals surface area contributed by atoms with Crippen LogP contribution in [0, 0.1) is 5.82 Å². The number of imide groups is 1. The molecule has 40 heavy (non-hydrogen) atoms. The monoisotopic (exact) mass is 548 g/mol. The number of halogens is 1. The standard InChI is InChI=1S/C31H37FN4O4/c32-24-18-16-22(17-19-24)20-27(35-29(38)23-10-4-1-5-11-23)30(39)33-21-28(37)36(26-14-8-3-9-15-26)31(40)34-25-12-6-2-7-13-25/h1,4-5,10-11,16-20,25-26H,2-3,6-9,12-15,21H2,(H,33,39)(H,34,40)(H,35,38)/b27-20+. The zero-order valence-corrected chi connectivity index (χ0v) is 22.7. The zero-order valence-electron chi connectivity index (χ0n) is 22.7. The van der Waals surface area contributed by atoms with Gasteiger partial charge in [0.2, 0.25) is 5.91 Å². The van der Waals surface area contributed by atoms with E-state index in [1.165, 1.54) is 35.2 Å². The predicted octanol–water partition coefficient (Wildman–Crippen LogP) is 4.92. The topological polar surface area (TPSA) is 108 Å². The van der Waals surface area contributed by atoms with Gasteiger partial charge in [0.25, 0.3) is 11.8 Å². The lowest BCUT2D eigenvalue weighted by Gasteiger charge is -2.34. The van der Waals surface area contributed by atoms with Gasteiger partial charge in [-0.1, -0.05) is 68.9 Å². The summed E-state index contributed by atoms with van der Waals surface area (Å²) < 4.78 is 13.4. The third-order valence-corrected chi connectivity index (χ3v) is 7.47. The summed E-state index contributed by atoms with van der Waals surface area (Å²) in [6.45, 7) is -0.407. The molecule has 0 atom stereocenters. The highest BCUT2D eigenvalue weighted by Crippen LogP contribution is 2.24. The van der Waals surface area contributed by atoms with E-state index in [0.717, 1.165) is 64.2 Å². The van der Waals surface area contributed by atoms with Crippen LogP contribution in [0.15, 0.2) is 60.3 Å². The van der Waals surface area contributed by atoms with Crippen LogP contribution in [-0.2, 0) is 9.59 Å². The fourth-order valence-corrected chi connectivity index (χ4v) is 5.32. The number of urea groups is 1. The van der Waals surface area contributed by atoms with Gasteiger partial charge in [-0.3, -0.25) is 19.3 Å². The van der Waals surface area contributed by atoms with Crippen molar-refractivity contribution in [3.05, 3.63) is 77.2 Å². The van der Waals surface area contributed by atoms with Crippen LogP contribution in [0.4, 0.5) is 9.18 Å². The lowest BCUT2D eigenvalue weighted by Crippen LogP contribution is -2.55. The summed E-state index contributed by atoms with van der Waals surface area (Å²) in [5.74, 6) is -2.13. The SMILES string of the molecule is O=C(NCC(=O)N(C(=O)NC1CCCCC1)C1CCCCC1)/C(=C\c1ccc(F)cc1)NC(=O)c1ccccc1. The molecule has 2 aliphatic carbocycles. The minimum Gasteiger partial charge on any atom is -0.342 e. The van der Waals surface area contributed by atoms with Crippen LogP contribution in [-0.4, -0.2) is 47.3 Å². The van der Waals surface area contributed by atoms with E-state index in [2.05, 4.69) is 16.0 Å². The third-order valence-electron chi connectivity index (χ3n) is 7.47. The summed E-state index contributed by atoms with van der Waals surface area (Å²) in [5.41, 5.74) is 0.727. The average molecular weight is 549 g/mol. The molecule has 9 heteroatoms. The number of nitrogens with zero attached hydrogens (tertiary/aromatic N) is 1. The first-order valence-electron chi connectivity index (χ1n) is 14.1. The van der Waals surface area contributed by atoms with E-state index in [9.17, 15) is 23.6 Å². The Morgan fingerprint density at radius 1 is 0.825 bits per heavy atom. The van der Waals surface area contributed by atoms with Gasteiger partial charge >= 0.3 is 6.03 Å². The molecule has 0 aliphatic heterocycles. The summed E-state index contributed by atoms with van der Waals surface area (Å²) in [4.78, 5) is 54.0. The molecule has 212 valence electrons. The maximum atomic E-state index is 13.4. The van der Waals surface area contributed by atoms with Gasteiger partial charge in [-0.05, 0) is 61.6 Å². The molecular formula is C31H37FN4O4. The number of carbonyl (C=O) groups excluding carboxylic acids is 4. The normalized spacial score (nSPS) is 16.6. The number of amides is 5. The number of nitrogens with one attached hydrogen (secondary N) is 3. The zero-order chi connectivity index (χ0) is 28.3. The predicted molar refractivity (Wildman–Crippen MR) is 150 cm³/mol. The van der Waals surface area contributed by atoms with Gasteiger partial charge < -0.3 is 16.0 Å². The number of hydrogen-bond acceptors (Lipinski definition) is 4. The molecule has 5 amide bonds. The van der Waals surface area contributed by atoms with Crippen molar-refractivity contribution >= 4 is 29.8 Å². The molecular weight excluding hydrogens is 511 g/mol. The van der Waals surface area contributed by atoms with E-state index < -0.39 is 36.1 Å². The Morgan fingerprint density at radius 3 is 2.10 bits per heavy atom. The Labute approximate surface area is 234 Å². The van der Waals surface area contributed by atoms with Gasteiger partial charge in [0, 0.05) is 17.6 Å².